The van der Waals surface area contributed by atoms with E-state index in [-0.39, 0.29) is 13.2 Å². The van der Waals surface area contributed by atoms with Crippen LogP contribution in [0.25, 0.3) is 0 Å². The molecule has 0 bridgehead atoms. The standard InChI is InChI=1S/C15H23N3O3/c16-15-17-8-12(18-15)3-1-2-11-4-6-14(7-5-11)21-10-13(20)9-19/h4-7,12-13,19-20H,1-3,8-10H2,(H3,16,17,18)/t12-,13-/m1/s1. The van der Waals surface area contributed by atoms with Crippen LogP contribution in [0.4, 0.5) is 0 Å². The minimum absolute atomic E-state index is 0.0994. The Morgan fingerprint density at radius 1 is 1.33 bits per heavy atom. The van der Waals surface area contributed by atoms with E-state index in [2.05, 4.69) is 10.6 Å². The molecular weight excluding hydrogens is 270 g/mol. The Balaban J connectivity index is 1.68. The van der Waals surface area contributed by atoms with Crippen LogP contribution in [0.5, 0.6) is 5.75 Å². The summed E-state index contributed by atoms with van der Waals surface area (Å²) in [6.07, 6.45) is 2.26. The second-order valence-electron chi connectivity index (χ2n) is 5.28. The van der Waals surface area contributed by atoms with Gasteiger partial charge in [0.2, 0.25) is 0 Å². The number of hydrogen-bond donors (Lipinski definition) is 5. The molecule has 6 heteroatoms. The van der Waals surface area contributed by atoms with Gasteiger partial charge in [-0.25, -0.2) is 0 Å². The number of aliphatic hydroxyl groups excluding tert-OH is 2. The molecule has 0 saturated carbocycles. The molecule has 116 valence electrons. The smallest absolute Gasteiger partial charge is 0.188 e. The number of guanidine groups is 1. The lowest BCUT2D eigenvalue weighted by molar-refractivity contribution is 0.0536. The fraction of sp³-hybridized carbons (Fsp3) is 0.533. The van der Waals surface area contributed by atoms with E-state index < -0.39 is 6.10 Å². The Hall–Kier alpha value is -1.79. The van der Waals surface area contributed by atoms with E-state index in [1.165, 1.54) is 5.56 Å². The van der Waals surface area contributed by atoms with Crippen LogP contribution >= 0.6 is 0 Å². The average molecular weight is 293 g/mol. The number of aryl methyl sites for hydroxylation is 1. The summed E-state index contributed by atoms with van der Waals surface area (Å²) in [5.74, 6) is 1.12. The summed E-state index contributed by atoms with van der Waals surface area (Å²) in [5, 5.41) is 31.4. The second-order valence-corrected chi connectivity index (χ2v) is 5.28. The Morgan fingerprint density at radius 3 is 2.71 bits per heavy atom. The van der Waals surface area contributed by atoms with Crippen molar-refractivity contribution in [2.24, 2.45) is 0 Å². The normalized spacial score (nSPS) is 19.0. The number of rotatable bonds is 8. The molecule has 1 saturated heterocycles. The van der Waals surface area contributed by atoms with Gasteiger partial charge in [-0.3, -0.25) is 5.41 Å². The maximum absolute atomic E-state index is 9.21. The van der Waals surface area contributed by atoms with Crippen LogP contribution in [-0.2, 0) is 6.42 Å². The monoisotopic (exact) mass is 293 g/mol. The molecule has 1 heterocycles. The van der Waals surface area contributed by atoms with Crippen LogP contribution in [0.1, 0.15) is 18.4 Å². The second kappa shape index (κ2) is 7.85. The van der Waals surface area contributed by atoms with Crippen molar-refractivity contribution in [3.05, 3.63) is 29.8 Å². The zero-order valence-corrected chi connectivity index (χ0v) is 12.0. The van der Waals surface area contributed by atoms with E-state index in [1.807, 2.05) is 24.3 Å². The lowest BCUT2D eigenvalue weighted by Gasteiger charge is -2.11. The predicted molar refractivity (Wildman–Crippen MR) is 80.6 cm³/mol. The minimum atomic E-state index is -0.837. The zero-order valence-electron chi connectivity index (χ0n) is 12.0. The van der Waals surface area contributed by atoms with E-state index in [0.717, 1.165) is 25.8 Å². The van der Waals surface area contributed by atoms with Crippen molar-refractivity contribution >= 4 is 5.96 Å². The molecule has 2 rings (SSSR count). The lowest BCUT2D eigenvalue weighted by atomic mass is 10.1. The molecule has 1 fully saturated rings. The Bertz CT molecular complexity index is 450. The van der Waals surface area contributed by atoms with Gasteiger partial charge in [-0.15, -0.1) is 0 Å². The molecule has 1 aromatic carbocycles. The number of benzene rings is 1. The van der Waals surface area contributed by atoms with Crippen molar-refractivity contribution in [3.63, 3.8) is 0 Å². The van der Waals surface area contributed by atoms with E-state index in [0.29, 0.717) is 17.8 Å². The number of ether oxygens (including phenoxy) is 1. The van der Waals surface area contributed by atoms with Crippen LogP contribution in [0.15, 0.2) is 24.3 Å². The highest BCUT2D eigenvalue weighted by Crippen LogP contribution is 2.15. The SMILES string of the molecule is N=C1NC[C@@H](CCCc2ccc(OC[C@H](O)CO)cc2)N1. The van der Waals surface area contributed by atoms with Gasteiger partial charge in [-0.05, 0) is 37.0 Å². The largest absolute Gasteiger partial charge is 0.491 e. The van der Waals surface area contributed by atoms with Crippen LogP contribution in [-0.4, -0.2) is 48.1 Å². The number of hydrogen-bond acceptors (Lipinski definition) is 4. The zero-order chi connectivity index (χ0) is 15.1. The highest BCUT2D eigenvalue weighted by molar-refractivity contribution is 5.78. The van der Waals surface area contributed by atoms with Crippen molar-refractivity contribution in [1.29, 1.82) is 5.41 Å². The number of aliphatic hydroxyl groups is 2. The molecule has 1 aliphatic heterocycles. The first kappa shape index (κ1) is 15.6. The highest BCUT2D eigenvalue weighted by atomic mass is 16.5. The summed E-state index contributed by atoms with van der Waals surface area (Å²) in [5.41, 5.74) is 1.24. The predicted octanol–water partition coefficient (Wildman–Crippen LogP) is 0.237. The molecule has 0 radical (unpaired) electrons. The van der Waals surface area contributed by atoms with Crippen LogP contribution in [0.2, 0.25) is 0 Å². The summed E-state index contributed by atoms with van der Waals surface area (Å²) >= 11 is 0. The molecule has 5 N–H and O–H groups in total. The van der Waals surface area contributed by atoms with Gasteiger partial charge in [0.1, 0.15) is 18.5 Å². The van der Waals surface area contributed by atoms with Gasteiger partial charge in [0, 0.05) is 12.6 Å². The van der Waals surface area contributed by atoms with Gasteiger partial charge in [0.05, 0.1) is 6.61 Å². The van der Waals surface area contributed by atoms with Gasteiger partial charge in [0.25, 0.3) is 0 Å². The molecule has 1 aliphatic rings. The third-order valence-electron chi connectivity index (χ3n) is 3.47. The lowest BCUT2D eigenvalue weighted by Crippen LogP contribution is -2.27. The molecule has 6 nitrogen and oxygen atoms in total. The molecule has 1 aromatic rings. The van der Waals surface area contributed by atoms with Gasteiger partial charge in [0.15, 0.2) is 5.96 Å². The quantitative estimate of drug-likeness (QED) is 0.473. The minimum Gasteiger partial charge on any atom is -0.491 e. The van der Waals surface area contributed by atoms with Crippen molar-refractivity contribution in [1.82, 2.24) is 10.6 Å². The first-order valence-corrected chi connectivity index (χ1v) is 7.27. The summed E-state index contributed by atoms with van der Waals surface area (Å²) in [6, 6.07) is 8.15. The van der Waals surface area contributed by atoms with Gasteiger partial charge in [-0.1, -0.05) is 12.1 Å². The maximum Gasteiger partial charge on any atom is 0.188 e. The fourth-order valence-electron chi connectivity index (χ4n) is 2.26. The molecular formula is C15H23N3O3. The van der Waals surface area contributed by atoms with E-state index in [9.17, 15) is 5.11 Å². The Morgan fingerprint density at radius 2 is 2.10 bits per heavy atom. The first-order chi connectivity index (χ1) is 10.2. The topological polar surface area (TPSA) is 97.6 Å². The van der Waals surface area contributed by atoms with Crippen LogP contribution < -0.4 is 15.4 Å². The van der Waals surface area contributed by atoms with E-state index in [4.69, 9.17) is 15.3 Å². The molecule has 0 aliphatic carbocycles. The Labute approximate surface area is 124 Å². The molecule has 0 unspecified atom stereocenters. The maximum atomic E-state index is 9.21. The Kier molecular flexibility index (Phi) is 5.83. The molecule has 0 aromatic heterocycles. The van der Waals surface area contributed by atoms with Crippen molar-refractivity contribution in [2.45, 2.75) is 31.4 Å². The fourth-order valence-corrected chi connectivity index (χ4v) is 2.26. The third kappa shape index (κ3) is 5.24. The van der Waals surface area contributed by atoms with E-state index in [1.54, 1.807) is 0 Å². The van der Waals surface area contributed by atoms with Gasteiger partial charge in [-0.2, -0.15) is 0 Å². The van der Waals surface area contributed by atoms with Crippen molar-refractivity contribution < 1.29 is 14.9 Å². The summed E-state index contributed by atoms with van der Waals surface area (Å²) in [7, 11) is 0. The third-order valence-corrected chi connectivity index (χ3v) is 3.47. The number of nitrogens with one attached hydrogen (secondary N) is 3. The van der Waals surface area contributed by atoms with Crippen LogP contribution in [0.3, 0.4) is 0 Å². The highest BCUT2D eigenvalue weighted by Gasteiger charge is 2.16. The molecule has 0 spiro atoms. The molecule has 2 atom stereocenters. The molecule has 0 amide bonds. The van der Waals surface area contributed by atoms with Gasteiger partial charge < -0.3 is 25.6 Å². The summed E-state index contributed by atoms with van der Waals surface area (Å²) in [4.78, 5) is 0. The van der Waals surface area contributed by atoms with Gasteiger partial charge >= 0.3 is 0 Å². The van der Waals surface area contributed by atoms with Crippen molar-refractivity contribution in [2.75, 3.05) is 19.8 Å². The first-order valence-electron chi connectivity index (χ1n) is 7.27. The average Bonchev–Trinajstić information content (AvgIpc) is 2.91. The van der Waals surface area contributed by atoms with Crippen molar-refractivity contribution in [3.8, 4) is 5.75 Å². The van der Waals surface area contributed by atoms with E-state index >= 15 is 0 Å². The van der Waals surface area contributed by atoms with Crippen LogP contribution in [0, 0.1) is 5.41 Å². The summed E-state index contributed by atoms with van der Waals surface area (Å²) < 4.78 is 5.36. The summed E-state index contributed by atoms with van der Waals surface area (Å²) in [6.45, 7) is 0.639. The molecule has 21 heavy (non-hydrogen) atoms.